The molecule has 20 heavy (non-hydrogen) atoms. The second kappa shape index (κ2) is 5.56. The largest absolute Gasteiger partial charge is 0.573 e. The molecule has 108 valence electrons. The van der Waals surface area contributed by atoms with Crippen LogP contribution in [0.4, 0.5) is 13.2 Å². The number of benzene rings is 1. The lowest BCUT2D eigenvalue weighted by atomic mass is 10.2. The Morgan fingerprint density at radius 2 is 1.75 bits per heavy atom. The summed E-state index contributed by atoms with van der Waals surface area (Å²) in [6, 6.07) is 8.34. The van der Waals surface area contributed by atoms with E-state index in [2.05, 4.69) is 4.74 Å². The van der Waals surface area contributed by atoms with Gasteiger partial charge < -0.3 is 20.6 Å². The highest BCUT2D eigenvalue weighted by molar-refractivity contribution is 5.58. The van der Waals surface area contributed by atoms with Gasteiger partial charge in [0.05, 0.1) is 6.04 Å². The number of halogens is 3. The topological polar surface area (TPSA) is 74.4 Å². The molecule has 1 atom stereocenters. The third-order valence-electron chi connectivity index (χ3n) is 2.62. The summed E-state index contributed by atoms with van der Waals surface area (Å²) in [6.45, 7) is 0.241. The molecule has 4 N–H and O–H groups in total. The van der Waals surface area contributed by atoms with Gasteiger partial charge in [0.25, 0.3) is 0 Å². The summed E-state index contributed by atoms with van der Waals surface area (Å²) >= 11 is 0. The van der Waals surface area contributed by atoms with Crippen LogP contribution in [0.2, 0.25) is 0 Å². The Kier molecular flexibility index (Phi) is 4.01. The summed E-state index contributed by atoms with van der Waals surface area (Å²) in [4.78, 5) is 0. The number of furan rings is 1. The number of hydrogen-bond donors (Lipinski definition) is 2. The van der Waals surface area contributed by atoms with Crippen molar-refractivity contribution in [3.63, 3.8) is 0 Å². The van der Waals surface area contributed by atoms with Crippen molar-refractivity contribution in [1.82, 2.24) is 0 Å². The van der Waals surface area contributed by atoms with Gasteiger partial charge in [-0.1, -0.05) is 0 Å². The zero-order valence-corrected chi connectivity index (χ0v) is 10.4. The fourth-order valence-corrected chi connectivity index (χ4v) is 1.64. The smallest absolute Gasteiger partial charge is 0.459 e. The van der Waals surface area contributed by atoms with E-state index in [1.165, 1.54) is 24.3 Å². The molecule has 1 heterocycles. The van der Waals surface area contributed by atoms with Crippen molar-refractivity contribution in [2.45, 2.75) is 12.4 Å². The van der Waals surface area contributed by atoms with Crippen molar-refractivity contribution < 1.29 is 22.3 Å². The minimum atomic E-state index is -4.70. The molecule has 2 rings (SSSR count). The van der Waals surface area contributed by atoms with E-state index >= 15 is 0 Å². The van der Waals surface area contributed by atoms with Crippen LogP contribution >= 0.6 is 0 Å². The van der Waals surface area contributed by atoms with Gasteiger partial charge in [-0.2, -0.15) is 0 Å². The zero-order valence-electron chi connectivity index (χ0n) is 10.4. The van der Waals surface area contributed by atoms with Gasteiger partial charge in [-0.15, -0.1) is 13.2 Å². The van der Waals surface area contributed by atoms with Gasteiger partial charge in [-0.3, -0.25) is 0 Å². The lowest BCUT2D eigenvalue weighted by molar-refractivity contribution is -0.274. The van der Waals surface area contributed by atoms with Crippen molar-refractivity contribution in [2.75, 3.05) is 6.54 Å². The van der Waals surface area contributed by atoms with Gasteiger partial charge in [-0.25, -0.2) is 0 Å². The molecule has 1 aromatic carbocycles. The lowest BCUT2D eigenvalue weighted by Crippen LogP contribution is -2.19. The third-order valence-corrected chi connectivity index (χ3v) is 2.62. The maximum absolute atomic E-state index is 12.0. The third kappa shape index (κ3) is 3.52. The van der Waals surface area contributed by atoms with Crippen LogP contribution in [0.25, 0.3) is 11.3 Å². The Bertz CT molecular complexity index is 564. The van der Waals surface area contributed by atoms with E-state index in [-0.39, 0.29) is 12.3 Å². The average Bonchev–Trinajstić information content (AvgIpc) is 2.86. The van der Waals surface area contributed by atoms with Crippen LogP contribution in [0.1, 0.15) is 11.8 Å². The Labute approximate surface area is 113 Å². The van der Waals surface area contributed by atoms with E-state index in [0.717, 1.165) is 0 Å². The monoisotopic (exact) mass is 286 g/mol. The van der Waals surface area contributed by atoms with Crippen LogP contribution in [0.15, 0.2) is 40.8 Å². The summed E-state index contributed by atoms with van der Waals surface area (Å²) in [6.07, 6.45) is -4.70. The zero-order chi connectivity index (χ0) is 14.8. The highest BCUT2D eigenvalue weighted by Crippen LogP contribution is 2.28. The second-order valence-corrected chi connectivity index (χ2v) is 4.12. The van der Waals surface area contributed by atoms with Crippen LogP contribution in [0, 0.1) is 0 Å². The van der Waals surface area contributed by atoms with E-state index in [0.29, 0.717) is 17.1 Å². The van der Waals surface area contributed by atoms with E-state index in [1.54, 1.807) is 12.1 Å². The molecule has 0 fully saturated rings. The van der Waals surface area contributed by atoms with Gasteiger partial charge in [0.2, 0.25) is 0 Å². The lowest BCUT2D eigenvalue weighted by Gasteiger charge is -2.08. The summed E-state index contributed by atoms with van der Waals surface area (Å²) in [7, 11) is 0. The molecule has 0 aliphatic carbocycles. The first kappa shape index (κ1) is 14.4. The van der Waals surface area contributed by atoms with Crippen molar-refractivity contribution in [3.8, 4) is 17.1 Å². The quantitative estimate of drug-likeness (QED) is 0.906. The predicted molar refractivity (Wildman–Crippen MR) is 66.8 cm³/mol. The molecule has 1 unspecified atom stereocenters. The Balaban J connectivity index is 2.15. The van der Waals surface area contributed by atoms with Crippen LogP contribution in [0.5, 0.6) is 5.75 Å². The standard InChI is InChI=1S/C13H13F3N2O2/c14-13(15,16)20-9-3-1-8(2-4-9)11-5-6-12(19-11)10(18)7-17/h1-6,10H,7,17-18H2. The van der Waals surface area contributed by atoms with Crippen LogP contribution in [-0.4, -0.2) is 12.9 Å². The molecule has 0 amide bonds. The van der Waals surface area contributed by atoms with Crippen LogP contribution in [-0.2, 0) is 0 Å². The maximum Gasteiger partial charge on any atom is 0.573 e. The SMILES string of the molecule is NCC(N)c1ccc(-c2ccc(OC(F)(F)F)cc2)o1. The predicted octanol–water partition coefficient (Wildman–Crippen LogP) is 2.80. The molecule has 0 aliphatic rings. The highest BCUT2D eigenvalue weighted by atomic mass is 19.4. The molecule has 4 nitrogen and oxygen atoms in total. The molecule has 0 spiro atoms. The summed E-state index contributed by atoms with van der Waals surface area (Å²) in [5.74, 6) is 0.743. The minimum absolute atomic E-state index is 0.241. The van der Waals surface area contributed by atoms with E-state index in [4.69, 9.17) is 15.9 Å². The normalized spacial score (nSPS) is 13.2. The van der Waals surface area contributed by atoms with Crippen LogP contribution in [0.3, 0.4) is 0 Å². The highest BCUT2D eigenvalue weighted by Gasteiger charge is 2.31. The van der Waals surface area contributed by atoms with Crippen molar-refractivity contribution in [2.24, 2.45) is 11.5 Å². The molecule has 0 aliphatic heterocycles. The summed E-state index contributed by atoms with van der Waals surface area (Å²) < 4.78 is 45.4. The van der Waals surface area contributed by atoms with Gasteiger partial charge in [0, 0.05) is 12.1 Å². The first-order chi connectivity index (χ1) is 9.39. The fourth-order valence-electron chi connectivity index (χ4n) is 1.64. The van der Waals surface area contributed by atoms with Gasteiger partial charge in [0.15, 0.2) is 0 Å². The van der Waals surface area contributed by atoms with Crippen molar-refractivity contribution in [1.29, 1.82) is 0 Å². The molecule has 1 aromatic heterocycles. The maximum atomic E-state index is 12.0. The Morgan fingerprint density at radius 3 is 2.30 bits per heavy atom. The molecular formula is C13H13F3N2O2. The molecule has 0 bridgehead atoms. The number of nitrogens with two attached hydrogens (primary N) is 2. The van der Waals surface area contributed by atoms with Gasteiger partial charge >= 0.3 is 6.36 Å². The van der Waals surface area contributed by atoms with Crippen molar-refractivity contribution in [3.05, 3.63) is 42.2 Å². The molecule has 0 saturated heterocycles. The van der Waals surface area contributed by atoms with Crippen molar-refractivity contribution >= 4 is 0 Å². The molecular weight excluding hydrogens is 273 g/mol. The fraction of sp³-hybridized carbons (Fsp3) is 0.231. The number of ether oxygens (including phenoxy) is 1. The van der Waals surface area contributed by atoms with Gasteiger partial charge in [0.1, 0.15) is 17.3 Å². The van der Waals surface area contributed by atoms with Crippen LogP contribution < -0.4 is 16.2 Å². The molecule has 2 aromatic rings. The summed E-state index contributed by atoms with van der Waals surface area (Å²) in [5, 5.41) is 0. The number of rotatable bonds is 4. The Hall–Kier alpha value is -1.99. The number of hydrogen-bond acceptors (Lipinski definition) is 4. The van der Waals surface area contributed by atoms with Gasteiger partial charge in [-0.05, 0) is 36.4 Å². The summed E-state index contributed by atoms with van der Waals surface area (Å²) in [5.41, 5.74) is 11.8. The second-order valence-electron chi connectivity index (χ2n) is 4.12. The molecule has 0 radical (unpaired) electrons. The first-order valence-corrected chi connectivity index (χ1v) is 5.80. The average molecular weight is 286 g/mol. The first-order valence-electron chi connectivity index (χ1n) is 5.80. The van der Waals surface area contributed by atoms with E-state index in [9.17, 15) is 13.2 Å². The molecule has 7 heteroatoms. The molecule has 0 saturated carbocycles. The van der Waals surface area contributed by atoms with E-state index in [1.807, 2.05) is 0 Å². The minimum Gasteiger partial charge on any atom is -0.459 e. The number of alkyl halides is 3. The van der Waals surface area contributed by atoms with E-state index < -0.39 is 12.4 Å². The Morgan fingerprint density at radius 1 is 1.10 bits per heavy atom.